The summed E-state index contributed by atoms with van der Waals surface area (Å²) in [7, 11) is 0. The van der Waals surface area contributed by atoms with Crippen LogP contribution in [0, 0.1) is 20.8 Å². The molecule has 1 fully saturated rings. The molecule has 2 heterocycles. The van der Waals surface area contributed by atoms with Crippen molar-refractivity contribution in [3.8, 4) is 0 Å². The molecule has 0 aliphatic carbocycles. The number of hydrogen-bond acceptors (Lipinski definition) is 3. The summed E-state index contributed by atoms with van der Waals surface area (Å²) in [5.41, 5.74) is 7.85. The Morgan fingerprint density at radius 1 is 0.939 bits per heavy atom. The molecule has 0 bridgehead atoms. The molecule has 0 saturated carbocycles. The molecule has 1 aromatic heterocycles. The molecule has 1 aliphatic rings. The van der Waals surface area contributed by atoms with Gasteiger partial charge in [-0.2, -0.15) is 0 Å². The fraction of sp³-hybridized carbons (Fsp3) is 0.143. The number of aliphatic imine (C=N–C) groups is 1. The number of fused-ring (bicyclic) bond motifs is 1. The van der Waals surface area contributed by atoms with Crippen molar-refractivity contribution in [1.29, 1.82) is 0 Å². The molecule has 0 atom stereocenters. The van der Waals surface area contributed by atoms with E-state index in [1.54, 1.807) is 0 Å². The van der Waals surface area contributed by atoms with Gasteiger partial charge in [-0.3, -0.25) is 4.79 Å². The molecule has 33 heavy (non-hydrogen) atoms. The Balaban J connectivity index is 1.47. The molecule has 0 spiro atoms. The molecule has 1 saturated heterocycles. The number of aryl methyl sites for hydroxylation is 3. The van der Waals surface area contributed by atoms with E-state index in [9.17, 15) is 4.79 Å². The first-order chi connectivity index (χ1) is 15.9. The van der Waals surface area contributed by atoms with Gasteiger partial charge >= 0.3 is 0 Å². The summed E-state index contributed by atoms with van der Waals surface area (Å²) in [4.78, 5) is 18.0. The summed E-state index contributed by atoms with van der Waals surface area (Å²) in [5, 5.41) is 4.65. The molecule has 4 aromatic rings. The van der Waals surface area contributed by atoms with Crippen molar-refractivity contribution in [3.63, 3.8) is 0 Å². The van der Waals surface area contributed by atoms with Crippen LogP contribution in [0.4, 0.5) is 5.69 Å². The number of carbonyl (C=O) groups excluding carboxylic acids is 1. The molecule has 1 aliphatic heterocycles. The lowest BCUT2D eigenvalue weighted by Crippen LogP contribution is -2.19. The zero-order chi connectivity index (χ0) is 22.9. The van der Waals surface area contributed by atoms with E-state index in [2.05, 4.69) is 90.4 Å². The van der Waals surface area contributed by atoms with Crippen molar-refractivity contribution in [2.24, 2.45) is 4.99 Å². The van der Waals surface area contributed by atoms with Crippen LogP contribution in [0.25, 0.3) is 17.0 Å². The highest BCUT2D eigenvalue weighted by molar-refractivity contribution is 8.18. The number of carbonyl (C=O) groups is 1. The number of benzene rings is 3. The second-order valence-electron chi connectivity index (χ2n) is 8.55. The van der Waals surface area contributed by atoms with Crippen LogP contribution < -0.4 is 5.32 Å². The average molecular weight is 452 g/mol. The first-order valence-corrected chi connectivity index (χ1v) is 11.8. The fourth-order valence-corrected chi connectivity index (χ4v) is 5.12. The second-order valence-corrected chi connectivity index (χ2v) is 9.58. The minimum absolute atomic E-state index is 0.112. The molecule has 0 radical (unpaired) electrons. The van der Waals surface area contributed by atoms with Crippen LogP contribution >= 0.6 is 11.8 Å². The number of amides is 1. The molecule has 5 rings (SSSR count). The molecule has 3 aromatic carbocycles. The number of aromatic nitrogens is 1. The van der Waals surface area contributed by atoms with Crippen LogP contribution in [-0.2, 0) is 11.3 Å². The van der Waals surface area contributed by atoms with Crippen molar-refractivity contribution < 1.29 is 4.79 Å². The van der Waals surface area contributed by atoms with Gasteiger partial charge in [0.15, 0.2) is 5.17 Å². The van der Waals surface area contributed by atoms with Gasteiger partial charge in [0.2, 0.25) is 0 Å². The first-order valence-electron chi connectivity index (χ1n) is 11.0. The second kappa shape index (κ2) is 8.75. The molecule has 0 unspecified atom stereocenters. The molecular weight excluding hydrogens is 426 g/mol. The van der Waals surface area contributed by atoms with Crippen LogP contribution in [0.15, 0.2) is 82.8 Å². The Morgan fingerprint density at radius 3 is 2.52 bits per heavy atom. The Morgan fingerprint density at radius 2 is 1.73 bits per heavy atom. The third kappa shape index (κ3) is 4.64. The summed E-state index contributed by atoms with van der Waals surface area (Å²) >= 11 is 1.39. The van der Waals surface area contributed by atoms with Crippen molar-refractivity contribution in [2.45, 2.75) is 27.3 Å². The topological polar surface area (TPSA) is 46.4 Å². The maximum absolute atomic E-state index is 12.7. The summed E-state index contributed by atoms with van der Waals surface area (Å²) in [6, 6.07) is 23.0. The fourth-order valence-electron chi connectivity index (χ4n) is 4.28. The van der Waals surface area contributed by atoms with Gasteiger partial charge in [0.1, 0.15) is 0 Å². The van der Waals surface area contributed by atoms with Gasteiger partial charge in [0, 0.05) is 29.2 Å². The van der Waals surface area contributed by atoms with Gasteiger partial charge in [0.05, 0.1) is 10.6 Å². The molecular formula is C28H25N3OS. The number of nitrogens with one attached hydrogen (secondary N) is 1. The van der Waals surface area contributed by atoms with Crippen molar-refractivity contribution >= 4 is 45.5 Å². The summed E-state index contributed by atoms with van der Waals surface area (Å²) in [6.07, 6.45) is 4.10. The molecule has 164 valence electrons. The van der Waals surface area contributed by atoms with Crippen molar-refractivity contribution in [3.05, 3.63) is 106 Å². The zero-order valence-corrected chi connectivity index (χ0v) is 19.7. The smallest absolute Gasteiger partial charge is 0.264 e. The Kier molecular flexibility index (Phi) is 5.65. The van der Waals surface area contributed by atoms with Gasteiger partial charge in [-0.1, -0.05) is 54.1 Å². The van der Waals surface area contributed by atoms with Gasteiger partial charge in [0.25, 0.3) is 5.91 Å². The lowest BCUT2D eigenvalue weighted by molar-refractivity contribution is -0.115. The predicted molar refractivity (Wildman–Crippen MR) is 139 cm³/mol. The molecule has 5 heteroatoms. The maximum Gasteiger partial charge on any atom is 0.264 e. The number of hydrogen-bond donors (Lipinski definition) is 1. The molecule has 1 N–H and O–H groups in total. The quantitative estimate of drug-likeness (QED) is 0.360. The monoisotopic (exact) mass is 451 g/mol. The van der Waals surface area contributed by atoms with E-state index in [-0.39, 0.29) is 5.91 Å². The van der Waals surface area contributed by atoms with E-state index in [1.807, 2.05) is 24.3 Å². The van der Waals surface area contributed by atoms with Gasteiger partial charge in [-0.25, -0.2) is 4.99 Å². The minimum Gasteiger partial charge on any atom is -0.342 e. The third-order valence-electron chi connectivity index (χ3n) is 5.63. The number of amidine groups is 1. The van der Waals surface area contributed by atoms with Crippen LogP contribution in [-0.4, -0.2) is 15.6 Å². The number of rotatable bonds is 4. The van der Waals surface area contributed by atoms with E-state index in [0.717, 1.165) is 39.8 Å². The van der Waals surface area contributed by atoms with E-state index in [0.29, 0.717) is 10.1 Å². The van der Waals surface area contributed by atoms with E-state index >= 15 is 0 Å². The summed E-state index contributed by atoms with van der Waals surface area (Å²) in [5.74, 6) is -0.112. The van der Waals surface area contributed by atoms with Crippen molar-refractivity contribution in [2.75, 3.05) is 0 Å². The third-order valence-corrected chi connectivity index (χ3v) is 6.54. The Labute approximate surface area is 198 Å². The summed E-state index contributed by atoms with van der Waals surface area (Å²) < 4.78 is 2.25. The van der Waals surface area contributed by atoms with E-state index in [4.69, 9.17) is 0 Å². The lowest BCUT2D eigenvalue weighted by Gasteiger charge is -2.06. The lowest BCUT2D eigenvalue weighted by atomic mass is 10.1. The Bertz CT molecular complexity index is 1420. The predicted octanol–water partition coefficient (Wildman–Crippen LogP) is 6.51. The van der Waals surface area contributed by atoms with Gasteiger partial charge < -0.3 is 9.88 Å². The van der Waals surface area contributed by atoms with E-state index < -0.39 is 0 Å². The number of para-hydroxylation sites is 1. The van der Waals surface area contributed by atoms with Crippen LogP contribution in [0.3, 0.4) is 0 Å². The SMILES string of the molecule is Cc1cccc(Cn2cc(/C=C3\SC(=Nc4cc(C)cc(C)c4)NC3=O)c3ccccc32)c1. The minimum atomic E-state index is -0.112. The van der Waals surface area contributed by atoms with E-state index in [1.165, 1.54) is 22.9 Å². The van der Waals surface area contributed by atoms with Gasteiger partial charge in [-0.05, 0) is 73.5 Å². The number of thioether (sulfide) groups is 1. The normalized spacial score (nSPS) is 16.2. The maximum atomic E-state index is 12.7. The summed E-state index contributed by atoms with van der Waals surface area (Å²) in [6.45, 7) is 6.99. The van der Waals surface area contributed by atoms with Crippen LogP contribution in [0.2, 0.25) is 0 Å². The van der Waals surface area contributed by atoms with Crippen molar-refractivity contribution in [1.82, 2.24) is 9.88 Å². The van der Waals surface area contributed by atoms with Crippen LogP contribution in [0.5, 0.6) is 0 Å². The highest BCUT2D eigenvalue weighted by Gasteiger charge is 2.24. The van der Waals surface area contributed by atoms with Crippen LogP contribution in [0.1, 0.15) is 27.8 Å². The standard InChI is InChI=1S/C28H25N3OS/c1-18-7-6-8-21(12-18)16-31-17-22(24-9-4-5-10-25(24)31)15-26-27(32)30-28(33-26)29-23-13-19(2)11-20(3)14-23/h4-15,17H,16H2,1-3H3,(H,29,30,32)/b26-15-. The zero-order valence-electron chi connectivity index (χ0n) is 18.9. The largest absolute Gasteiger partial charge is 0.342 e. The molecule has 1 amide bonds. The highest BCUT2D eigenvalue weighted by atomic mass is 32.2. The first kappa shape index (κ1) is 21.3. The highest BCUT2D eigenvalue weighted by Crippen LogP contribution is 2.31. The average Bonchev–Trinajstić information content (AvgIpc) is 3.27. The number of nitrogens with zero attached hydrogens (tertiary/aromatic N) is 2. The molecule has 4 nitrogen and oxygen atoms in total. The Hall–Kier alpha value is -3.57. The van der Waals surface area contributed by atoms with Gasteiger partial charge in [-0.15, -0.1) is 0 Å².